The van der Waals surface area contributed by atoms with Crippen LogP contribution >= 0.6 is 0 Å². The van der Waals surface area contributed by atoms with Crippen LogP contribution in [0.15, 0.2) is 22.8 Å². The molecular formula is C15H25N3O2. The zero-order valence-electron chi connectivity index (χ0n) is 12.3. The second-order valence-electron chi connectivity index (χ2n) is 5.59. The van der Waals surface area contributed by atoms with Crippen molar-refractivity contribution in [2.45, 2.75) is 57.8 Å². The molecule has 0 spiro atoms. The maximum absolute atomic E-state index is 12.3. The van der Waals surface area contributed by atoms with Crippen LogP contribution in [0, 0.1) is 0 Å². The standard InChI is InChI=1S/C15H25N3O2/c1-11-5-3-6-13(9-16)18(11)12(2)15(19)17-10-14-7-4-8-20-14/h4,7-8,11-13H,3,5-6,9-10,16H2,1-2H3,(H,17,19). The van der Waals surface area contributed by atoms with Gasteiger partial charge in [-0.2, -0.15) is 0 Å². The third-order valence-corrected chi connectivity index (χ3v) is 4.21. The first kappa shape index (κ1) is 15.1. The molecule has 1 aromatic rings. The lowest BCUT2D eigenvalue weighted by Crippen LogP contribution is -2.57. The summed E-state index contributed by atoms with van der Waals surface area (Å²) in [6, 6.07) is 4.23. The third kappa shape index (κ3) is 3.41. The number of piperidine rings is 1. The van der Waals surface area contributed by atoms with Gasteiger partial charge in [0.15, 0.2) is 0 Å². The molecule has 1 amide bonds. The lowest BCUT2D eigenvalue weighted by molar-refractivity contribution is -0.128. The molecule has 1 aliphatic rings. The van der Waals surface area contributed by atoms with Gasteiger partial charge < -0.3 is 15.5 Å². The number of carbonyl (C=O) groups is 1. The number of nitrogens with one attached hydrogen (secondary N) is 1. The van der Waals surface area contributed by atoms with Crippen molar-refractivity contribution in [3.8, 4) is 0 Å². The van der Waals surface area contributed by atoms with Crippen LogP contribution in [0.25, 0.3) is 0 Å². The van der Waals surface area contributed by atoms with E-state index < -0.39 is 0 Å². The Morgan fingerprint density at radius 1 is 1.60 bits per heavy atom. The molecule has 5 nitrogen and oxygen atoms in total. The topological polar surface area (TPSA) is 71.5 Å². The summed E-state index contributed by atoms with van der Waals surface area (Å²) in [5.74, 6) is 0.807. The Morgan fingerprint density at radius 2 is 2.40 bits per heavy atom. The molecule has 5 heteroatoms. The van der Waals surface area contributed by atoms with E-state index in [1.807, 2.05) is 19.1 Å². The summed E-state index contributed by atoms with van der Waals surface area (Å²) < 4.78 is 5.22. The predicted molar refractivity (Wildman–Crippen MR) is 78.0 cm³/mol. The van der Waals surface area contributed by atoms with Crippen molar-refractivity contribution < 1.29 is 9.21 Å². The number of nitrogens with two attached hydrogens (primary N) is 1. The molecule has 20 heavy (non-hydrogen) atoms. The van der Waals surface area contributed by atoms with Gasteiger partial charge in [0.05, 0.1) is 18.8 Å². The molecule has 3 atom stereocenters. The summed E-state index contributed by atoms with van der Waals surface area (Å²) in [4.78, 5) is 14.6. The van der Waals surface area contributed by atoms with E-state index in [1.54, 1.807) is 6.26 Å². The van der Waals surface area contributed by atoms with Crippen LogP contribution in [-0.4, -0.2) is 35.5 Å². The van der Waals surface area contributed by atoms with Crippen molar-refractivity contribution in [2.24, 2.45) is 5.73 Å². The van der Waals surface area contributed by atoms with Crippen molar-refractivity contribution in [1.29, 1.82) is 0 Å². The highest BCUT2D eigenvalue weighted by Crippen LogP contribution is 2.24. The van der Waals surface area contributed by atoms with Crippen LogP contribution in [0.2, 0.25) is 0 Å². The minimum Gasteiger partial charge on any atom is -0.467 e. The Bertz CT molecular complexity index is 419. The largest absolute Gasteiger partial charge is 0.467 e. The highest BCUT2D eigenvalue weighted by molar-refractivity contribution is 5.81. The zero-order chi connectivity index (χ0) is 14.5. The number of nitrogens with zero attached hydrogens (tertiary/aromatic N) is 1. The Morgan fingerprint density at radius 3 is 3.05 bits per heavy atom. The van der Waals surface area contributed by atoms with E-state index in [-0.39, 0.29) is 11.9 Å². The molecule has 0 aromatic carbocycles. The molecule has 3 N–H and O–H groups in total. The van der Waals surface area contributed by atoms with Crippen LogP contribution < -0.4 is 11.1 Å². The molecule has 3 unspecified atom stereocenters. The number of hydrogen-bond acceptors (Lipinski definition) is 4. The van der Waals surface area contributed by atoms with Crippen molar-refractivity contribution in [3.05, 3.63) is 24.2 Å². The number of likely N-dealkylation sites (tertiary alicyclic amines) is 1. The number of rotatable bonds is 5. The first-order valence-electron chi connectivity index (χ1n) is 7.41. The Labute approximate surface area is 120 Å². The minimum absolute atomic E-state index is 0.0357. The molecule has 1 fully saturated rings. The molecule has 2 heterocycles. The molecule has 112 valence electrons. The number of carbonyl (C=O) groups excluding carboxylic acids is 1. The number of hydrogen-bond donors (Lipinski definition) is 2. The summed E-state index contributed by atoms with van der Waals surface area (Å²) in [6.07, 6.45) is 5.02. The van der Waals surface area contributed by atoms with Gasteiger partial charge in [0, 0.05) is 18.6 Å². The summed E-state index contributed by atoms with van der Waals surface area (Å²) in [5, 5.41) is 2.93. The zero-order valence-corrected chi connectivity index (χ0v) is 12.3. The van der Waals surface area contributed by atoms with E-state index in [4.69, 9.17) is 10.2 Å². The van der Waals surface area contributed by atoms with Crippen molar-refractivity contribution in [1.82, 2.24) is 10.2 Å². The Balaban J connectivity index is 1.93. The van der Waals surface area contributed by atoms with Crippen molar-refractivity contribution >= 4 is 5.91 Å². The molecule has 0 radical (unpaired) electrons. The van der Waals surface area contributed by atoms with E-state index in [1.165, 1.54) is 6.42 Å². The first-order valence-corrected chi connectivity index (χ1v) is 7.41. The summed E-state index contributed by atoms with van der Waals surface area (Å²) in [6.45, 7) is 5.19. The van der Waals surface area contributed by atoms with Crippen LogP contribution in [0.3, 0.4) is 0 Å². The molecule has 1 saturated heterocycles. The number of amides is 1. The summed E-state index contributed by atoms with van der Waals surface area (Å²) in [5.41, 5.74) is 5.86. The van der Waals surface area contributed by atoms with Gasteiger partial charge in [-0.25, -0.2) is 0 Å². The minimum atomic E-state index is -0.159. The van der Waals surface area contributed by atoms with E-state index in [2.05, 4.69) is 17.1 Å². The number of furan rings is 1. The average molecular weight is 279 g/mol. The van der Waals surface area contributed by atoms with Gasteiger partial charge in [0.25, 0.3) is 0 Å². The Hall–Kier alpha value is -1.33. The lowest BCUT2D eigenvalue weighted by atomic mass is 9.94. The third-order valence-electron chi connectivity index (χ3n) is 4.21. The van der Waals surface area contributed by atoms with E-state index in [0.717, 1.165) is 18.6 Å². The smallest absolute Gasteiger partial charge is 0.237 e. The normalized spacial score (nSPS) is 25.4. The summed E-state index contributed by atoms with van der Waals surface area (Å²) >= 11 is 0. The molecule has 0 aliphatic carbocycles. The van der Waals surface area contributed by atoms with Crippen LogP contribution in [0.4, 0.5) is 0 Å². The molecule has 1 aliphatic heterocycles. The first-order chi connectivity index (χ1) is 9.63. The van der Waals surface area contributed by atoms with Gasteiger partial charge in [0.1, 0.15) is 5.76 Å². The fourth-order valence-electron chi connectivity index (χ4n) is 3.11. The Kier molecular flexibility index (Phi) is 5.20. The van der Waals surface area contributed by atoms with Crippen molar-refractivity contribution in [2.75, 3.05) is 6.54 Å². The highest BCUT2D eigenvalue weighted by Gasteiger charge is 2.33. The van der Waals surface area contributed by atoms with Crippen LogP contribution in [-0.2, 0) is 11.3 Å². The van der Waals surface area contributed by atoms with Gasteiger partial charge in [0.2, 0.25) is 5.91 Å². The van der Waals surface area contributed by atoms with Gasteiger partial charge in [-0.3, -0.25) is 9.69 Å². The van der Waals surface area contributed by atoms with E-state index in [9.17, 15) is 4.79 Å². The molecule has 2 rings (SSSR count). The second kappa shape index (κ2) is 6.90. The summed E-state index contributed by atoms with van der Waals surface area (Å²) in [7, 11) is 0. The van der Waals surface area contributed by atoms with E-state index >= 15 is 0 Å². The van der Waals surface area contributed by atoms with Gasteiger partial charge in [-0.05, 0) is 38.8 Å². The molecule has 0 bridgehead atoms. The molecular weight excluding hydrogens is 254 g/mol. The SMILES string of the molecule is CC1CCCC(CN)N1C(C)C(=O)NCc1ccco1. The average Bonchev–Trinajstić information content (AvgIpc) is 2.97. The molecule has 1 aromatic heterocycles. The fraction of sp³-hybridized carbons (Fsp3) is 0.667. The maximum atomic E-state index is 12.3. The predicted octanol–water partition coefficient (Wildman–Crippen LogP) is 1.49. The molecule has 0 saturated carbocycles. The monoisotopic (exact) mass is 279 g/mol. The second-order valence-corrected chi connectivity index (χ2v) is 5.59. The van der Waals surface area contributed by atoms with Crippen molar-refractivity contribution in [3.63, 3.8) is 0 Å². The van der Waals surface area contributed by atoms with Gasteiger partial charge >= 0.3 is 0 Å². The highest BCUT2D eigenvalue weighted by atomic mass is 16.3. The quantitative estimate of drug-likeness (QED) is 0.856. The van der Waals surface area contributed by atoms with Gasteiger partial charge in [-0.1, -0.05) is 6.42 Å². The fourth-order valence-corrected chi connectivity index (χ4v) is 3.11. The lowest BCUT2D eigenvalue weighted by Gasteiger charge is -2.43. The van der Waals surface area contributed by atoms with Crippen LogP contribution in [0.5, 0.6) is 0 Å². The van der Waals surface area contributed by atoms with Crippen LogP contribution in [0.1, 0.15) is 38.9 Å². The van der Waals surface area contributed by atoms with E-state index in [0.29, 0.717) is 25.2 Å². The van der Waals surface area contributed by atoms with Gasteiger partial charge in [-0.15, -0.1) is 0 Å². The maximum Gasteiger partial charge on any atom is 0.237 e.